The zero-order valence-electron chi connectivity index (χ0n) is 18.3. The lowest BCUT2D eigenvalue weighted by Crippen LogP contribution is -2.27. The molecule has 0 spiro atoms. The van der Waals surface area contributed by atoms with E-state index in [2.05, 4.69) is 30.6 Å². The molecular weight excluding hydrogens is 457 g/mol. The van der Waals surface area contributed by atoms with Gasteiger partial charge in [-0.2, -0.15) is 8.78 Å². The molecule has 0 aliphatic heterocycles. The van der Waals surface area contributed by atoms with E-state index in [0.717, 1.165) is 19.6 Å². The average Bonchev–Trinajstić information content (AvgIpc) is 2.77. The maximum absolute atomic E-state index is 13.7. The van der Waals surface area contributed by atoms with Gasteiger partial charge in [-0.3, -0.25) is 4.79 Å². The Morgan fingerprint density at radius 1 is 1.16 bits per heavy atom. The molecule has 174 valence electrons. The van der Waals surface area contributed by atoms with Crippen molar-refractivity contribution in [2.24, 2.45) is 0 Å². The van der Waals surface area contributed by atoms with Crippen LogP contribution in [0.2, 0.25) is 10.0 Å². The summed E-state index contributed by atoms with van der Waals surface area (Å²) in [5, 5.41) is 3.37. The fourth-order valence-electron chi connectivity index (χ4n) is 3.07. The number of anilines is 1. The summed E-state index contributed by atoms with van der Waals surface area (Å²) in [6, 6.07) is 9.06. The molecule has 32 heavy (non-hydrogen) atoms. The normalized spacial score (nSPS) is 11.5. The van der Waals surface area contributed by atoms with Crippen molar-refractivity contribution in [3.63, 3.8) is 0 Å². The van der Waals surface area contributed by atoms with Gasteiger partial charge in [-0.15, -0.1) is 0 Å². The summed E-state index contributed by atoms with van der Waals surface area (Å²) in [4.78, 5) is 14.6. The van der Waals surface area contributed by atoms with Crippen LogP contribution in [0.5, 0.6) is 5.75 Å². The number of amides is 1. The number of rotatable bonds is 12. The van der Waals surface area contributed by atoms with Crippen molar-refractivity contribution in [2.45, 2.75) is 32.6 Å². The van der Waals surface area contributed by atoms with E-state index in [1.54, 1.807) is 18.2 Å². The minimum absolute atomic E-state index is 0.136. The summed E-state index contributed by atoms with van der Waals surface area (Å²) < 4.78 is 33.1. The van der Waals surface area contributed by atoms with Crippen molar-refractivity contribution in [2.75, 3.05) is 31.6 Å². The highest BCUT2D eigenvalue weighted by Crippen LogP contribution is 2.32. The second-order valence-electron chi connectivity index (χ2n) is 7.20. The Bertz CT molecular complexity index is 934. The van der Waals surface area contributed by atoms with Crippen molar-refractivity contribution in [3.8, 4) is 5.75 Å². The zero-order valence-corrected chi connectivity index (χ0v) is 19.8. The van der Waals surface area contributed by atoms with E-state index in [1.807, 2.05) is 0 Å². The number of hydrogen-bond acceptors (Lipinski definition) is 3. The molecule has 0 heterocycles. The van der Waals surface area contributed by atoms with Crippen LogP contribution in [0, 0.1) is 0 Å². The molecule has 0 saturated heterocycles. The first-order valence-electron chi connectivity index (χ1n) is 10.4. The number of hydrogen-bond donors (Lipinski definition) is 1. The minimum Gasteiger partial charge on any atom is -0.491 e. The van der Waals surface area contributed by atoms with Gasteiger partial charge in [0.25, 0.3) is 5.92 Å². The monoisotopic (exact) mass is 484 g/mol. The van der Waals surface area contributed by atoms with E-state index < -0.39 is 5.92 Å². The van der Waals surface area contributed by atoms with Gasteiger partial charge < -0.3 is 15.0 Å². The molecule has 0 aliphatic carbocycles. The smallest absolute Gasteiger partial charge is 0.291 e. The Balaban J connectivity index is 1.89. The number of aryl methyl sites for hydroxylation is 1. The first-order chi connectivity index (χ1) is 15.2. The summed E-state index contributed by atoms with van der Waals surface area (Å²) in [6.45, 7) is 10.6. The van der Waals surface area contributed by atoms with Gasteiger partial charge in [0.2, 0.25) is 5.91 Å². The van der Waals surface area contributed by atoms with E-state index in [-0.39, 0.29) is 22.9 Å². The van der Waals surface area contributed by atoms with Crippen LogP contribution in [-0.4, -0.2) is 37.0 Å². The van der Waals surface area contributed by atoms with Crippen molar-refractivity contribution < 1.29 is 18.3 Å². The Morgan fingerprint density at radius 3 is 2.47 bits per heavy atom. The van der Waals surface area contributed by atoms with Crippen LogP contribution in [0.25, 0.3) is 0 Å². The Labute approximate surface area is 198 Å². The fourth-order valence-corrected chi connectivity index (χ4v) is 3.58. The molecule has 2 aromatic carbocycles. The molecule has 0 aromatic heterocycles. The van der Waals surface area contributed by atoms with E-state index in [9.17, 15) is 13.6 Å². The van der Waals surface area contributed by atoms with E-state index >= 15 is 0 Å². The molecule has 0 bridgehead atoms. The largest absolute Gasteiger partial charge is 0.491 e. The summed E-state index contributed by atoms with van der Waals surface area (Å²) in [5.41, 5.74) is 0.920. The molecular formula is C24H28Cl2F2N2O2. The van der Waals surface area contributed by atoms with Gasteiger partial charge in [0, 0.05) is 29.2 Å². The highest BCUT2D eigenvalue weighted by Gasteiger charge is 2.27. The predicted molar refractivity (Wildman–Crippen MR) is 127 cm³/mol. The Kier molecular flexibility index (Phi) is 9.94. The molecule has 0 fully saturated rings. The number of ether oxygens (including phenoxy) is 1. The third kappa shape index (κ3) is 7.47. The number of allylic oxidation sites excluding steroid dienone is 1. The van der Waals surface area contributed by atoms with Crippen molar-refractivity contribution in [1.29, 1.82) is 0 Å². The van der Waals surface area contributed by atoms with Gasteiger partial charge in [-0.05, 0) is 55.4 Å². The lowest BCUT2D eigenvalue weighted by molar-refractivity contribution is -0.116. The van der Waals surface area contributed by atoms with Crippen LogP contribution in [0.15, 0.2) is 49.1 Å². The first kappa shape index (κ1) is 26.1. The van der Waals surface area contributed by atoms with Crippen LogP contribution in [0.4, 0.5) is 14.5 Å². The second kappa shape index (κ2) is 12.2. The van der Waals surface area contributed by atoms with Gasteiger partial charge in [-0.1, -0.05) is 55.8 Å². The van der Waals surface area contributed by atoms with Gasteiger partial charge in [-0.25, -0.2) is 0 Å². The number of carbonyl (C=O) groups is 1. The van der Waals surface area contributed by atoms with Gasteiger partial charge >= 0.3 is 0 Å². The van der Waals surface area contributed by atoms with Crippen molar-refractivity contribution in [1.82, 2.24) is 4.90 Å². The topological polar surface area (TPSA) is 41.6 Å². The van der Waals surface area contributed by atoms with Crippen molar-refractivity contribution in [3.05, 3.63) is 70.2 Å². The highest BCUT2D eigenvalue weighted by atomic mass is 35.5. The third-order valence-corrected chi connectivity index (χ3v) is 5.74. The summed E-state index contributed by atoms with van der Waals surface area (Å²) >= 11 is 12.4. The van der Waals surface area contributed by atoms with Crippen LogP contribution in [-0.2, 0) is 17.1 Å². The summed E-state index contributed by atoms with van der Waals surface area (Å²) in [7, 11) is 0. The number of alkyl halides is 2. The van der Waals surface area contributed by atoms with E-state index in [4.69, 9.17) is 27.9 Å². The lowest BCUT2D eigenvalue weighted by atomic mass is 10.0. The van der Waals surface area contributed by atoms with E-state index in [0.29, 0.717) is 41.1 Å². The minimum atomic E-state index is -3.15. The van der Waals surface area contributed by atoms with Crippen LogP contribution in [0.3, 0.4) is 0 Å². The van der Waals surface area contributed by atoms with E-state index in [1.165, 1.54) is 18.2 Å². The van der Waals surface area contributed by atoms with Crippen LogP contribution in [0.1, 0.15) is 31.4 Å². The van der Waals surface area contributed by atoms with Crippen molar-refractivity contribution >= 4 is 34.8 Å². The third-order valence-electron chi connectivity index (χ3n) is 5.09. The average molecular weight is 485 g/mol. The quantitative estimate of drug-likeness (QED) is 0.346. The van der Waals surface area contributed by atoms with Crippen LogP contribution >= 0.6 is 23.2 Å². The number of nitrogens with zero attached hydrogens (tertiary/aromatic N) is 1. The fraction of sp³-hybridized carbons (Fsp3) is 0.375. The number of carbonyl (C=O) groups excluding carboxylic acids is 1. The molecule has 1 N–H and O–H groups in total. The Hall–Kier alpha value is -2.15. The first-order valence-corrected chi connectivity index (χ1v) is 11.2. The molecule has 0 aliphatic rings. The molecule has 0 saturated carbocycles. The predicted octanol–water partition coefficient (Wildman–Crippen LogP) is 6.56. The maximum atomic E-state index is 13.7. The van der Waals surface area contributed by atoms with Gasteiger partial charge in [0.1, 0.15) is 12.4 Å². The number of halogens is 4. The molecule has 8 heteroatoms. The maximum Gasteiger partial charge on any atom is 0.291 e. The summed E-state index contributed by atoms with van der Waals surface area (Å²) in [6.07, 6.45) is 1.01. The molecule has 4 nitrogen and oxygen atoms in total. The standard InChI is InChI=1S/C24H28Cl2F2N2O2/c1-4-24(27,28)18-9-7-17(20(25)15-18)8-12-23(31)29-19-10-11-22(21(26)16-19)32-14-13-30(5-2)6-3/h4,7,9-11,15-16H,1,5-6,8,12-14H2,2-3H3,(H,29,31). The highest BCUT2D eigenvalue weighted by molar-refractivity contribution is 6.32. The second-order valence-corrected chi connectivity index (χ2v) is 8.02. The van der Waals surface area contributed by atoms with Gasteiger partial charge in [0.15, 0.2) is 0 Å². The zero-order chi connectivity index (χ0) is 23.7. The molecule has 1 amide bonds. The SMILES string of the molecule is C=CC(F)(F)c1ccc(CCC(=O)Nc2ccc(OCCN(CC)CC)c(Cl)c2)c(Cl)c1. The molecule has 2 aromatic rings. The molecule has 2 rings (SSSR count). The summed E-state index contributed by atoms with van der Waals surface area (Å²) in [5.74, 6) is -2.84. The number of likely N-dealkylation sites (N-methyl/N-ethyl adjacent to an activating group) is 1. The van der Waals surface area contributed by atoms with Gasteiger partial charge in [0.05, 0.1) is 5.02 Å². The lowest BCUT2D eigenvalue weighted by Gasteiger charge is -2.18. The van der Waals surface area contributed by atoms with Crippen LogP contribution < -0.4 is 10.1 Å². The molecule has 0 unspecified atom stereocenters. The number of nitrogens with one attached hydrogen (secondary N) is 1. The molecule has 0 radical (unpaired) electrons. The number of benzene rings is 2. The Morgan fingerprint density at radius 2 is 1.88 bits per heavy atom. The molecule has 0 atom stereocenters.